The Balaban J connectivity index is 1.90. The highest BCUT2D eigenvalue weighted by Crippen LogP contribution is 2.30. The number of carbonyl (C=O) groups excluding carboxylic acids is 1. The first-order valence-electron chi connectivity index (χ1n) is 7.56. The molecule has 1 aromatic heterocycles. The number of ether oxygens (including phenoxy) is 1. The molecule has 3 aromatic rings. The Labute approximate surface area is 155 Å². The number of rotatable bonds is 4. The van der Waals surface area contributed by atoms with Crippen molar-refractivity contribution < 1.29 is 27.1 Å². The first-order chi connectivity index (χ1) is 12.7. The summed E-state index contributed by atoms with van der Waals surface area (Å²) in [5, 5.41) is 2.82. The molecule has 0 spiro atoms. The lowest BCUT2D eigenvalue weighted by Gasteiger charge is -2.14. The lowest BCUT2D eigenvalue weighted by atomic mass is 10.2. The van der Waals surface area contributed by atoms with Crippen LogP contribution in [0.15, 0.2) is 57.7 Å². The number of carbonyl (C=O) groups is 1. The van der Waals surface area contributed by atoms with Crippen molar-refractivity contribution in [1.29, 1.82) is 0 Å². The number of benzene rings is 2. The predicted molar refractivity (Wildman–Crippen MR) is 93.4 cm³/mol. The van der Waals surface area contributed by atoms with E-state index < -0.39 is 24.1 Å². The molecule has 0 unspecified atom stereocenters. The summed E-state index contributed by atoms with van der Waals surface area (Å²) in [6.45, 7) is -1.54. The molecule has 5 nitrogen and oxygen atoms in total. The topological polar surface area (TPSA) is 68.5 Å². The van der Waals surface area contributed by atoms with Gasteiger partial charge in [0.05, 0.1) is 11.1 Å². The van der Waals surface area contributed by atoms with Gasteiger partial charge in [-0.3, -0.25) is 9.59 Å². The van der Waals surface area contributed by atoms with Crippen LogP contribution < -0.4 is 15.5 Å². The van der Waals surface area contributed by atoms with Crippen LogP contribution in [0.4, 0.5) is 18.9 Å². The molecule has 0 radical (unpaired) electrons. The van der Waals surface area contributed by atoms with E-state index in [1.165, 1.54) is 24.3 Å². The van der Waals surface area contributed by atoms with Crippen LogP contribution in [0, 0.1) is 0 Å². The van der Waals surface area contributed by atoms with Gasteiger partial charge in [-0.2, -0.15) is 13.2 Å². The minimum Gasteiger partial charge on any atom is -0.482 e. The molecule has 27 heavy (non-hydrogen) atoms. The van der Waals surface area contributed by atoms with Crippen LogP contribution in [-0.2, 0) is 0 Å². The molecule has 1 heterocycles. The van der Waals surface area contributed by atoms with E-state index in [1.807, 2.05) is 0 Å². The van der Waals surface area contributed by atoms with Crippen molar-refractivity contribution >= 4 is 34.2 Å². The lowest BCUT2D eigenvalue weighted by molar-refractivity contribution is -0.153. The molecular weight excluding hydrogens is 387 g/mol. The summed E-state index contributed by atoms with van der Waals surface area (Å²) in [5.41, 5.74) is -0.316. The summed E-state index contributed by atoms with van der Waals surface area (Å²) in [6.07, 6.45) is -4.55. The van der Waals surface area contributed by atoms with E-state index >= 15 is 0 Å². The third-order valence-corrected chi connectivity index (χ3v) is 3.67. The minimum absolute atomic E-state index is 0.0902. The zero-order chi connectivity index (χ0) is 19.6. The Morgan fingerprint density at radius 1 is 1.15 bits per heavy atom. The van der Waals surface area contributed by atoms with Crippen molar-refractivity contribution in [3.05, 3.63) is 69.5 Å². The van der Waals surface area contributed by atoms with Gasteiger partial charge in [-0.25, -0.2) is 0 Å². The van der Waals surface area contributed by atoms with Crippen LogP contribution >= 0.6 is 11.6 Å². The molecule has 140 valence electrons. The molecule has 0 bridgehead atoms. The van der Waals surface area contributed by atoms with Crippen LogP contribution in [0.25, 0.3) is 11.0 Å². The van der Waals surface area contributed by atoms with Gasteiger partial charge in [0.1, 0.15) is 11.3 Å². The first kappa shape index (κ1) is 18.8. The quantitative estimate of drug-likeness (QED) is 0.696. The Morgan fingerprint density at radius 2 is 1.89 bits per heavy atom. The van der Waals surface area contributed by atoms with Crippen molar-refractivity contribution in [2.24, 2.45) is 0 Å². The number of alkyl halides is 3. The molecule has 0 atom stereocenters. The SMILES string of the molecule is O=C(Nc1cc(Cl)ccc1OCC(F)(F)F)c1cc(=O)c2ccccc2o1. The average molecular weight is 398 g/mol. The van der Waals surface area contributed by atoms with Gasteiger partial charge in [0.25, 0.3) is 5.91 Å². The number of halogens is 4. The Kier molecular flexibility index (Phi) is 5.09. The average Bonchev–Trinajstić information content (AvgIpc) is 2.60. The molecule has 0 saturated heterocycles. The summed E-state index contributed by atoms with van der Waals surface area (Å²) >= 11 is 5.84. The number of anilines is 1. The van der Waals surface area contributed by atoms with Crippen LogP contribution in [0.1, 0.15) is 10.6 Å². The van der Waals surface area contributed by atoms with Gasteiger partial charge in [0.15, 0.2) is 17.8 Å². The van der Waals surface area contributed by atoms with Crippen molar-refractivity contribution in [3.63, 3.8) is 0 Å². The molecule has 3 rings (SSSR count). The standard InChI is InChI=1S/C18H11ClF3NO4/c19-10-5-6-15(26-9-18(20,21)22)12(7-10)23-17(25)16-8-13(24)11-3-1-2-4-14(11)27-16/h1-8H,9H2,(H,23,25). The minimum atomic E-state index is -4.55. The van der Waals surface area contributed by atoms with Crippen molar-refractivity contribution in [1.82, 2.24) is 0 Å². The van der Waals surface area contributed by atoms with Gasteiger partial charge in [-0.15, -0.1) is 0 Å². The Bertz CT molecular complexity index is 1060. The largest absolute Gasteiger partial charge is 0.482 e. The predicted octanol–water partition coefficient (Wildman–Crippen LogP) is 4.64. The molecule has 0 aliphatic carbocycles. The van der Waals surface area contributed by atoms with E-state index in [0.29, 0.717) is 5.39 Å². The number of hydrogen-bond donors (Lipinski definition) is 1. The van der Waals surface area contributed by atoms with Gasteiger partial charge >= 0.3 is 6.18 Å². The Morgan fingerprint density at radius 3 is 2.63 bits per heavy atom. The van der Waals surface area contributed by atoms with E-state index in [0.717, 1.165) is 6.07 Å². The first-order valence-corrected chi connectivity index (χ1v) is 7.94. The number of hydrogen-bond acceptors (Lipinski definition) is 4. The fourth-order valence-electron chi connectivity index (χ4n) is 2.29. The third kappa shape index (κ3) is 4.59. The number of nitrogens with one attached hydrogen (secondary N) is 1. The number of para-hydroxylation sites is 1. The van der Waals surface area contributed by atoms with E-state index in [9.17, 15) is 22.8 Å². The molecule has 0 aliphatic heterocycles. The fraction of sp³-hybridized carbons (Fsp3) is 0.111. The zero-order valence-corrected chi connectivity index (χ0v) is 14.2. The monoisotopic (exact) mass is 397 g/mol. The van der Waals surface area contributed by atoms with Gasteiger partial charge in [-0.1, -0.05) is 23.7 Å². The molecule has 9 heteroatoms. The molecule has 2 aromatic carbocycles. The summed E-state index contributed by atoms with van der Waals surface area (Å²) < 4.78 is 47.2. The van der Waals surface area contributed by atoms with Gasteiger partial charge in [-0.05, 0) is 30.3 Å². The van der Waals surface area contributed by atoms with Crippen LogP contribution in [0.5, 0.6) is 5.75 Å². The highest BCUT2D eigenvalue weighted by atomic mass is 35.5. The molecular formula is C18H11ClF3NO4. The van der Waals surface area contributed by atoms with E-state index in [1.54, 1.807) is 18.2 Å². The second-order valence-electron chi connectivity index (χ2n) is 5.47. The molecule has 0 fully saturated rings. The highest BCUT2D eigenvalue weighted by Gasteiger charge is 2.29. The maximum atomic E-state index is 12.4. The number of amides is 1. The van der Waals surface area contributed by atoms with Gasteiger partial charge in [0.2, 0.25) is 0 Å². The smallest absolute Gasteiger partial charge is 0.422 e. The summed E-state index contributed by atoms with van der Waals surface area (Å²) in [5.74, 6) is -1.37. The maximum Gasteiger partial charge on any atom is 0.422 e. The summed E-state index contributed by atoms with van der Waals surface area (Å²) in [6, 6.07) is 11.1. The van der Waals surface area contributed by atoms with Gasteiger partial charge < -0.3 is 14.5 Å². The van der Waals surface area contributed by atoms with E-state index in [-0.39, 0.29) is 27.8 Å². The maximum absolute atomic E-state index is 12.4. The molecule has 0 aliphatic rings. The molecule has 1 amide bonds. The molecule has 0 saturated carbocycles. The normalized spacial score (nSPS) is 11.4. The Hall–Kier alpha value is -3.00. The zero-order valence-electron chi connectivity index (χ0n) is 13.5. The van der Waals surface area contributed by atoms with Crippen molar-refractivity contribution in [2.75, 3.05) is 11.9 Å². The number of fused-ring (bicyclic) bond motifs is 1. The molecule has 1 N–H and O–H groups in total. The second kappa shape index (κ2) is 7.32. The van der Waals surface area contributed by atoms with Crippen LogP contribution in [-0.4, -0.2) is 18.7 Å². The van der Waals surface area contributed by atoms with Crippen LogP contribution in [0.3, 0.4) is 0 Å². The van der Waals surface area contributed by atoms with Gasteiger partial charge in [0, 0.05) is 11.1 Å². The lowest BCUT2D eigenvalue weighted by Crippen LogP contribution is -2.20. The summed E-state index contributed by atoms with van der Waals surface area (Å²) in [4.78, 5) is 24.5. The van der Waals surface area contributed by atoms with E-state index in [4.69, 9.17) is 20.8 Å². The van der Waals surface area contributed by atoms with Crippen molar-refractivity contribution in [2.45, 2.75) is 6.18 Å². The third-order valence-electron chi connectivity index (χ3n) is 3.44. The van der Waals surface area contributed by atoms with E-state index in [2.05, 4.69) is 5.32 Å². The summed E-state index contributed by atoms with van der Waals surface area (Å²) in [7, 11) is 0. The highest BCUT2D eigenvalue weighted by molar-refractivity contribution is 6.31. The second-order valence-corrected chi connectivity index (χ2v) is 5.91. The van der Waals surface area contributed by atoms with Crippen LogP contribution in [0.2, 0.25) is 5.02 Å². The fourth-order valence-corrected chi connectivity index (χ4v) is 2.46. The van der Waals surface area contributed by atoms with Crippen molar-refractivity contribution in [3.8, 4) is 5.75 Å².